The van der Waals surface area contributed by atoms with Crippen molar-refractivity contribution in [2.24, 2.45) is 5.73 Å². The van der Waals surface area contributed by atoms with E-state index in [0.717, 1.165) is 30.5 Å². The maximum Gasteiger partial charge on any atom is 0.0607 e. The maximum absolute atomic E-state index is 5.72. The number of hydrogen-bond acceptors (Lipinski definition) is 3. The van der Waals surface area contributed by atoms with Crippen molar-refractivity contribution < 1.29 is 0 Å². The van der Waals surface area contributed by atoms with E-state index in [0.29, 0.717) is 0 Å². The predicted octanol–water partition coefficient (Wildman–Crippen LogP) is 2.81. The summed E-state index contributed by atoms with van der Waals surface area (Å²) < 4.78 is 1.11. The van der Waals surface area contributed by atoms with Crippen LogP contribution in [0, 0.1) is 0 Å². The van der Waals surface area contributed by atoms with Crippen LogP contribution in [0.25, 0.3) is 0 Å². The number of nitrogens with one attached hydrogen (secondary N) is 1. The van der Waals surface area contributed by atoms with Crippen LogP contribution in [-0.2, 0) is 0 Å². The second kappa shape index (κ2) is 4.86. The lowest BCUT2D eigenvalue weighted by molar-refractivity contribution is 0.433. The standard InChI is InChI=1S/C13H20BrN3/c1-13(2,5-6-15)17-8-7-16-11-9-10(14)3-4-12(11)17/h3-4,9,16H,5-8,15H2,1-2H3. The topological polar surface area (TPSA) is 41.3 Å². The van der Waals surface area contributed by atoms with Gasteiger partial charge in [0, 0.05) is 23.1 Å². The molecule has 0 saturated heterocycles. The zero-order valence-electron chi connectivity index (χ0n) is 10.5. The number of halogens is 1. The Bertz CT molecular complexity index is 404. The number of nitrogens with two attached hydrogens (primary N) is 1. The number of hydrogen-bond donors (Lipinski definition) is 2. The molecule has 1 aromatic carbocycles. The third-order valence-electron chi connectivity index (χ3n) is 3.39. The Morgan fingerprint density at radius 1 is 1.47 bits per heavy atom. The van der Waals surface area contributed by atoms with Gasteiger partial charge in [0.25, 0.3) is 0 Å². The van der Waals surface area contributed by atoms with Gasteiger partial charge in [-0.05, 0) is 45.0 Å². The first-order valence-electron chi connectivity index (χ1n) is 6.06. The van der Waals surface area contributed by atoms with Crippen molar-refractivity contribution in [3.8, 4) is 0 Å². The molecule has 4 heteroatoms. The Kier molecular flexibility index (Phi) is 3.64. The van der Waals surface area contributed by atoms with Crippen LogP contribution in [0.5, 0.6) is 0 Å². The molecule has 1 aliphatic heterocycles. The van der Waals surface area contributed by atoms with Crippen molar-refractivity contribution >= 4 is 27.3 Å². The molecule has 1 heterocycles. The van der Waals surface area contributed by atoms with Crippen molar-refractivity contribution in [2.75, 3.05) is 29.9 Å². The van der Waals surface area contributed by atoms with Gasteiger partial charge in [-0.15, -0.1) is 0 Å². The third-order valence-corrected chi connectivity index (χ3v) is 3.88. The second-order valence-electron chi connectivity index (χ2n) is 5.09. The van der Waals surface area contributed by atoms with E-state index in [1.807, 2.05) is 0 Å². The summed E-state index contributed by atoms with van der Waals surface area (Å²) in [7, 11) is 0. The summed E-state index contributed by atoms with van der Waals surface area (Å²) in [5.41, 5.74) is 8.31. The molecule has 94 valence electrons. The molecule has 0 spiro atoms. The van der Waals surface area contributed by atoms with Gasteiger partial charge in [-0.25, -0.2) is 0 Å². The van der Waals surface area contributed by atoms with Crippen molar-refractivity contribution in [2.45, 2.75) is 25.8 Å². The molecule has 0 aromatic heterocycles. The molecule has 0 aliphatic carbocycles. The summed E-state index contributed by atoms with van der Waals surface area (Å²) in [5.74, 6) is 0. The number of benzene rings is 1. The van der Waals surface area contributed by atoms with E-state index in [4.69, 9.17) is 5.73 Å². The van der Waals surface area contributed by atoms with Gasteiger partial charge in [0.1, 0.15) is 0 Å². The number of rotatable bonds is 3. The Morgan fingerprint density at radius 3 is 2.94 bits per heavy atom. The molecule has 2 rings (SSSR count). The molecule has 0 fully saturated rings. The van der Waals surface area contributed by atoms with Crippen molar-refractivity contribution in [3.05, 3.63) is 22.7 Å². The van der Waals surface area contributed by atoms with Gasteiger partial charge in [0.2, 0.25) is 0 Å². The third kappa shape index (κ3) is 2.58. The number of fused-ring (bicyclic) bond motifs is 1. The van der Waals surface area contributed by atoms with Crippen LogP contribution in [0.3, 0.4) is 0 Å². The van der Waals surface area contributed by atoms with Gasteiger partial charge in [-0.3, -0.25) is 0 Å². The van der Waals surface area contributed by atoms with Crippen LogP contribution in [0.15, 0.2) is 22.7 Å². The Hall–Kier alpha value is -0.740. The zero-order chi connectivity index (χ0) is 12.5. The lowest BCUT2D eigenvalue weighted by Gasteiger charge is -2.44. The van der Waals surface area contributed by atoms with E-state index in [2.05, 4.69) is 58.2 Å². The molecule has 0 bridgehead atoms. The van der Waals surface area contributed by atoms with Gasteiger partial charge in [-0.1, -0.05) is 15.9 Å². The molecule has 3 nitrogen and oxygen atoms in total. The lowest BCUT2D eigenvalue weighted by Crippen LogP contribution is -2.49. The predicted molar refractivity (Wildman–Crippen MR) is 77.7 cm³/mol. The van der Waals surface area contributed by atoms with E-state index < -0.39 is 0 Å². The Balaban J connectivity index is 2.34. The Labute approximate surface area is 111 Å². The fourth-order valence-electron chi connectivity index (χ4n) is 2.42. The quantitative estimate of drug-likeness (QED) is 0.901. The first-order valence-corrected chi connectivity index (χ1v) is 6.85. The highest BCUT2D eigenvalue weighted by molar-refractivity contribution is 9.10. The Morgan fingerprint density at radius 2 is 2.24 bits per heavy atom. The second-order valence-corrected chi connectivity index (χ2v) is 6.01. The van der Waals surface area contributed by atoms with E-state index in [-0.39, 0.29) is 5.54 Å². The maximum atomic E-state index is 5.72. The monoisotopic (exact) mass is 297 g/mol. The molecule has 1 aliphatic rings. The van der Waals surface area contributed by atoms with Crippen LogP contribution >= 0.6 is 15.9 Å². The molecule has 1 aromatic rings. The van der Waals surface area contributed by atoms with Gasteiger partial charge in [-0.2, -0.15) is 0 Å². The average molecular weight is 298 g/mol. The van der Waals surface area contributed by atoms with Gasteiger partial charge in [0.15, 0.2) is 0 Å². The molecule has 0 radical (unpaired) electrons. The summed E-state index contributed by atoms with van der Waals surface area (Å²) in [5, 5.41) is 3.44. The van der Waals surface area contributed by atoms with E-state index >= 15 is 0 Å². The fraction of sp³-hybridized carbons (Fsp3) is 0.538. The summed E-state index contributed by atoms with van der Waals surface area (Å²) in [4.78, 5) is 2.46. The van der Waals surface area contributed by atoms with Crippen LogP contribution < -0.4 is 16.0 Å². The van der Waals surface area contributed by atoms with Crippen LogP contribution in [-0.4, -0.2) is 25.2 Å². The highest BCUT2D eigenvalue weighted by Gasteiger charge is 2.29. The highest BCUT2D eigenvalue weighted by Crippen LogP contribution is 2.36. The fourth-order valence-corrected chi connectivity index (χ4v) is 2.79. The van der Waals surface area contributed by atoms with E-state index in [1.165, 1.54) is 11.4 Å². The zero-order valence-corrected chi connectivity index (χ0v) is 12.0. The van der Waals surface area contributed by atoms with Gasteiger partial charge in [0.05, 0.1) is 11.4 Å². The van der Waals surface area contributed by atoms with E-state index in [9.17, 15) is 0 Å². The summed E-state index contributed by atoms with van der Waals surface area (Å²) in [6.45, 7) is 7.26. The van der Waals surface area contributed by atoms with E-state index in [1.54, 1.807) is 0 Å². The summed E-state index contributed by atoms with van der Waals surface area (Å²) in [6, 6.07) is 6.40. The molecule has 0 atom stereocenters. The average Bonchev–Trinajstić information content (AvgIpc) is 2.27. The van der Waals surface area contributed by atoms with Crippen molar-refractivity contribution in [1.82, 2.24) is 0 Å². The van der Waals surface area contributed by atoms with Gasteiger partial charge >= 0.3 is 0 Å². The summed E-state index contributed by atoms with van der Waals surface area (Å²) in [6.07, 6.45) is 1.00. The minimum absolute atomic E-state index is 0.111. The molecule has 0 amide bonds. The van der Waals surface area contributed by atoms with Crippen LogP contribution in [0.2, 0.25) is 0 Å². The van der Waals surface area contributed by atoms with Crippen molar-refractivity contribution in [3.63, 3.8) is 0 Å². The molecule has 0 unspecified atom stereocenters. The normalized spacial score (nSPS) is 15.4. The van der Waals surface area contributed by atoms with Crippen LogP contribution in [0.1, 0.15) is 20.3 Å². The number of anilines is 2. The molecular weight excluding hydrogens is 278 g/mol. The first kappa shape index (κ1) is 12.7. The molecular formula is C13H20BrN3. The smallest absolute Gasteiger partial charge is 0.0607 e. The SMILES string of the molecule is CC(C)(CCN)N1CCNc2cc(Br)ccc21. The molecule has 3 N–H and O–H groups in total. The lowest BCUT2D eigenvalue weighted by atomic mass is 9.96. The largest absolute Gasteiger partial charge is 0.382 e. The molecule has 17 heavy (non-hydrogen) atoms. The first-order chi connectivity index (χ1) is 8.04. The van der Waals surface area contributed by atoms with Gasteiger partial charge < -0.3 is 16.0 Å². The highest BCUT2D eigenvalue weighted by atomic mass is 79.9. The summed E-state index contributed by atoms with van der Waals surface area (Å²) >= 11 is 3.51. The minimum atomic E-state index is 0.111. The molecule has 0 saturated carbocycles. The minimum Gasteiger partial charge on any atom is -0.382 e. The van der Waals surface area contributed by atoms with Crippen molar-refractivity contribution in [1.29, 1.82) is 0 Å². The number of nitrogens with zero attached hydrogens (tertiary/aromatic N) is 1. The van der Waals surface area contributed by atoms with Crippen LogP contribution in [0.4, 0.5) is 11.4 Å².